The van der Waals surface area contributed by atoms with Gasteiger partial charge in [0, 0.05) is 16.8 Å². The first-order valence-corrected chi connectivity index (χ1v) is 12.6. The van der Waals surface area contributed by atoms with Gasteiger partial charge in [-0.3, -0.25) is 10.1 Å². The zero-order chi connectivity index (χ0) is 21.0. The second-order valence-corrected chi connectivity index (χ2v) is 12.1. The Kier molecular flexibility index (Phi) is 4.95. The Labute approximate surface area is 173 Å². The lowest BCUT2D eigenvalue weighted by Crippen LogP contribution is -2.54. The first kappa shape index (κ1) is 20.3. The number of nitro groups is 1. The summed E-state index contributed by atoms with van der Waals surface area (Å²) in [5.41, 5.74) is 0. The average Bonchev–Trinajstić information content (AvgIpc) is 3.25. The third-order valence-corrected chi connectivity index (χ3v) is 11.3. The van der Waals surface area contributed by atoms with Crippen LogP contribution in [0.1, 0.15) is 6.42 Å². The Morgan fingerprint density at radius 1 is 0.793 bits per heavy atom. The minimum Gasteiger partial charge on any atom is -0.264 e. The molecule has 2 bridgehead atoms. The second-order valence-electron chi connectivity index (χ2n) is 7.43. The summed E-state index contributed by atoms with van der Waals surface area (Å²) in [6.45, 7) is 0. The molecular formula is C19H18ClNO6S2. The van der Waals surface area contributed by atoms with Gasteiger partial charge in [-0.25, -0.2) is 16.8 Å². The number of halogens is 1. The van der Waals surface area contributed by atoms with Crippen molar-refractivity contribution < 1.29 is 21.8 Å². The van der Waals surface area contributed by atoms with Crippen LogP contribution in [0.25, 0.3) is 0 Å². The normalized spacial score (nSPS) is 31.6. The molecule has 2 saturated carbocycles. The number of fused-ring (bicyclic) bond motifs is 2. The van der Waals surface area contributed by atoms with Crippen molar-refractivity contribution in [2.24, 2.45) is 11.8 Å². The molecule has 2 aromatic carbocycles. The van der Waals surface area contributed by atoms with Crippen molar-refractivity contribution in [3.05, 3.63) is 70.8 Å². The monoisotopic (exact) mass is 455 g/mol. The first-order chi connectivity index (χ1) is 13.7. The van der Waals surface area contributed by atoms with Gasteiger partial charge in [0.05, 0.1) is 20.4 Å². The molecule has 29 heavy (non-hydrogen) atoms. The fourth-order valence-corrected chi connectivity index (χ4v) is 10.2. The highest BCUT2D eigenvalue weighted by Gasteiger charge is 2.69. The van der Waals surface area contributed by atoms with Crippen molar-refractivity contribution in [2.45, 2.75) is 38.1 Å². The first-order valence-electron chi connectivity index (χ1n) is 9.03. The lowest BCUT2D eigenvalue weighted by molar-refractivity contribution is -0.528. The molecule has 2 aliphatic rings. The van der Waals surface area contributed by atoms with Gasteiger partial charge in [0.25, 0.3) is 0 Å². The number of benzene rings is 2. The summed E-state index contributed by atoms with van der Waals surface area (Å²) < 4.78 is 52.7. The molecular weight excluding hydrogens is 438 g/mol. The number of alkyl halides is 1. The summed E-state index contributed by atoms with van der Waals surface area (Å²) in [7, 11) is -8.00. The molecule has 10 heteroatoms. The van der Waals surface area contributed by atoms with E-state index in [1.54, 1.807) is 36.4 Å². The molecule has 0 radical (unpaired) electrons. The van der Waals surface area contributed by atoms with E-state index in [0.29, 0.717) is 0 Å². The van der Waals surface area contributed by atoms with E-state index in [2.05, 4.69) is 0 Å². The van der Waals surface area contributed by atoms with Crippen LogP contribution in [0.3, 0.4) is 0 Å². The summed E-state index contributed by atoms with van der Waals surface area (Å²) >= 11 is 6.50. The number of sulfone groups is 2. The van der Waals surface area contributed by atoms with Crippen LogP contribution >= 0.6 is 11.6 Å². The van der Waals surface area contributed by atoms with Crippen molar-refractivity contribution >= 4 is 31.3 Å². The molecule has 7 nitrogen and oxygen atoms in total. The summed E-state index contributed by atoms with van der Waals surface area (Å²) in [5, 5.41) is 8.32. The van der Waals surface area contributed by atoms with E-state index in [1.807, 2.05) is 0 Å². The van der Waals surface area contributed by atoms with Crippen molar-refractivity contribution in [1.82, 2.24) is 0 Å². The van der Waals surface area contributed by atoms with E-state index in [4.69, 9.17) is 11.6 Å². The van der Waals surface area contributed by atoms with Crippen molar-refractivity contribution in [1.29, 1.82) is 0 Å². The Balaban J connectivity index is 1.78. The summed E-state index contributed by atoms with van der Waals surface area (Å²) in [4.78, 5) is 11.3. The minimum atomic E-state index is -4.05. The van der Waals surface area contributed by atoms with Crippen LogP contribution < -0.4 is 0 Å². The Bertz CT molecular complexity index is 1140. The van der Waals surface area contributed by atoms with Crippen LogP contribution in [0, 0.1) is 22.0 Å². The SMILES string of the molecule is O=[N+]([O-])[C@H]1[C@@H]2C[C@@H]([C@H](Cl)[C@H]2S(=O)(=O)c2ccccc2)[C@@H]1S(=O)(=O)c1ccccc1. The predicted octanol–water partition coefficient (Wildman–Crippen LogP) is 2.57. The maximum atomic E-state index is 13.2. The van der Waals surface area contributed by atoms with Crippen LogP contribution in [0.5, 0.6) is 0 Å². The van der Waals surface area contributed by atoms with E-state index in [9.17, 15) is 26.9 Å². The molecule has 0 aliphatic heterocycles. The number of hydrogen-bond acceptors (Lipinski definition) is 6. The van der Waals surface area contributed by atoms with Gasteiger partial charge in [0.1, 0.15) is 5.25 Å². The van der Waals surface area contributed by atoms with Gasteiger partial charge in [-0.1, -0.05) is 36.4 Å². The predicted molar refractivity (Wildman–Crippen MR) is 107 cm³/mol. The van der Waals surface area contributed by atoms with Crippen molar-refractivity contribution in [3.63, 3.8) is 0 Å². The van der Waals surface area contributed by atoms with E-state index in [1.165, 1.54) is 24.3 Å². The molecule has 4 rings (SSSR count). The van der Waals surface area contributed by atoms with Crippen LogP contribution in [0.15, 0.2) is 70.5 Å². The molecule has 0 N–H and O–H groups in total. The summed E-state index contributed by atoms with van der Waals surface area (Å²) in [6.07, 6.45) is 0.0905. The van der Waals surface area contributed by atoms with Gasteiger partial charge in [0.15, 0.2) is 19.7 Å². The number of nitrogens with zero attached hydrogens (tertiary/aromatic N) is 1. The third kappa shape index (κ3) is 3.06. The standard InChI is InChI=1S/C19H18ClNO6S2/c20-16-14-11-15(18(16)28(24,25)12-7-3-1-4-8-12)17(21(22)23)19(14)29(26,27)13-9-5-2-6-10-13/h1-10,14-19H,11H2/t14-,15-,16-,17-,18-,19-/m0/s1. The van der Waals surface area contributed by atoms with Gasteiger partial charge < -0.3 is 0 Å². The lowest BCUT2D eigenvalue weighted by atomic mass is 9.94. The minimum absolute atomic E-state index is 0.0178. The van der Waals surface area contributed by atoms with E-state index < -0.39 is 58.4 Å². The van der Waals surface area contributed by atoms with Gasteiger partial charge in [0.2, 0.25) is 6.04 Å². The second kappa shape index (κ2) is 7.07. The Morgan fingerprint density at radius 3 is 1.69 bits per heavy atom. The zero-order valence-electron chi connectivity index (χ0n) is 15.0. The smallest absolute Gasteiger partial charge is 0.234 e. The van der Waals surface area contributed by atoms with E-state index >= 15 is 0 Å². The molecule has 0 saturated heterocycles. The highest BCUT2D eigenvalue weighted by Crippen LogP contribution is 2.55. The number of hydrogen-bond donors (Lipinski definition) is 0. The average molecular weight is 456 g/mol. The Hall–Kier alpha value is -1.97. The van der Waals surface area contributed by atoms with Crippen molar-refractivity contribution in [3.8, 4) is 0 Å². The molecule has 154 valence electrons. The van der Waals surface area contributed by atoms with Crippen LogP contribution in [-0.2, 0) is 19.7 Å². The molecule has 0 amide bonds. The topological polar surface area (TPSA) is 111 Å². The lowest BCUT2D eigenvalue weighted by Gasteiger charge is -2.33. The zero-order valence-corrected chi connectivity index (χ0v) is 17.4. The van der Waals surface area contributed by atoms with Gasteiger partial charge in [-0.05, 0) is 30.7 Å². The molecule has 0 aromatic heterocycles. The molecule has 0 unspecified atom stereocenters. The third-order valence-electron chi connectivity index (χ3n) is 5.99. The molecule has 2 fully saturated rings. The van der Waals surface area contributed by atoms with Crippen LogP contribution in [0.2, 0.25) is 0 Å². The largest absolute Gasteiger partial charge is 0.264 e. The molecule has 0 spiro atoms. The van der Waals surface area contributed by atoms with E-state index in [0.717, 1.165) is 0 Å². The van der Waals surface area contributed by atoms with Gasteiger partial charge in [-0.2, -0.15) is 0 Å². The quantitative estimate of drug-likeness (QED) is 0.389. The summed E-state index contributed by atoms with van der Waals surface area (Å²) in [5.74, 6) is -1.78. The van der Waals surface area contributed by atoms with Crippen LogP contribution in [0.4, 0.5) is 0 Å². The molecule has 2 aromatic rings. The molecule has 6 atom stereocenters. The fourth-order valence-electron chi connectivity index (χ4n) is 4.83. The maximum Gasteiger partial charge on any atom is 0.234 e. The highest BCUT2D eigenvalue weighted by atomic mass is 35.5. The molecule has 0 heterocycles. The Morgan fingerprint density at radius 2 is 1.24 bits per heavy atom. The highest BCUT2D eigenvalue weighted by molar-refractivity contribution is 7.92. The van der Waals surface area contributed by atoms with E-state index in [-0.39, 0.29) is 16.2 Å². The molecule has 2 aliphatic carbocycles. The van der Waals surface area contributed by atoms with Crippen molar-refractivity contribution in [2.75, 3.05) is 0 Å². The van der Waals surface area contributed by atoms with Gasteiger partial charge in [-0.15, -0.1) is 11.6 Å². The van der Waals surface area contributed by atoms with Gasteiger partial charge >= 0.3 is 0 Å². The number of rotatable bonds is 5. The fraction of sp³-hybridized carbons (Fsp3) is 0.368. The summed E-state index contributed by atoms with van der Waals surface area (Å²) in [6, 6.07) is 13.6. The maximum absolute atomic E-state index is 13.2. The van der Waals surface area contributed by atoms with Crippen LogP contribution in [-0.4, -0.2) is 43.7 Å².